The molecule has 1 amide bonds. The minimum atomic E-state index is -1.03. The van der Waals surface area contributed by atoms with Gasteiger partial charge in [-0.1, -0.05) is 0 Å². The van der Waals surface area contributed by atoms with Crippen molar-refractivity contribution in [3.63, 3.8) is 0 Å². The third kappa shape index (κ3) is 4.73. The molecule has 0 radical (unpaired) electrons. The number of hydrogen-bond acceptors (Lipinski definition) is 4. The summed E-state index contributed by atoms with van der Waals surface area (Å²) < 4.78 is 0. The van der Waals surface area contributed by atoms with E-state index >= 15 is 0 Å². The van der Waals surface area contributed by atoms with E-state index < -0.39 is 5.97 Å². The number of carboxylic acids is 1. The van der Waals surface area contributed by atoms with Crippen molar-refractivity contribution in [3.05, 3.63) is 30.1 Å². The second-order valence-electron chi connectivity index (χ2n) is 3.69. The van der Waals surface area contributed by atoms with Crippen LogP contribution in [0.5, 0.6) is 0 Å². The van der Waals surface area contributed by atoms with E-state index in [0.717, 1.165) is 5.56 Å². The van der Waals surface area contributed by atoms with Gasteiger partial charge in [0, 0.05) is 25.4 Å². The number of rotatable bonds is 7. The summed E-state index contributed by atoms with van der Waals surface area (Å²) in [5.41, 5.74) is 0.843. The minimum absolute atomic E-state index is 0.0409. The van der Waals surface area contributed by atoms with Gasteiger partial charge in [0.05, 0.1) is 13.0 Å². The van der Waals surface area contributed by atoms with Crippen molar-refractivity contribution < 1.29 is 19.5 Å². The molecule has 0 aliphatic rings. The molecule has 6 heteroatoms. The average molecular weight is 250 g/mol. The number of aromatic nitrogens is 1. The summed E-state index contributed by atoms with van der Waals surface area (Å²) in [6.07, 6.45) is 3.48. The first kappa shape index (κ1) is 13.8. The number of aliphatic carboxylic acids is 1. The van der Waals surface area contributed by atoms with Gasteiger partial charge < -0.3 is 14.8 Å². The maximum Gasteiger partial charge on any atom is 0.303 e. The van der Waals surface area contributed by atoms with Crippen LogP contribution in [-0.4, -0.2) is 39.7 Å². The van der Waals surface area contributed by atoms with E-state index in [1.54, 1.807) is 24.5 Å². The average Bonchev–Trinajstić information content (AvgIpc) is 2.36. The smallest absolute Gasteiger partial charge is 0.303 e. The number of amides is 1. The van der Waals surface area contributed by atoms with Gasteiger partial charge in [0.25, 0.3) is 0 Å². The number of aldehydes is 1. The first-order valence-electron chi connectivity index (χ1n) is 5.45. The molecule has 1 aromatic heterocycles. The van der Waals surface area contributed by atoms with Crippen LogP contribution in [0.1, 0.15) is 18.4 Å². The van der Waals surface area contributed by atoms with Crippen LogP contribution in [-0.2, 0) is 20.9 Å². The number of carboxylic acid groups (broad SMARTS) is 1. The number of carbonyl (C=O) groups is 3. The van der Waals surface area contributed by atoms with E-state index in [1.165, 1.54) is 4.90 Å². The van der Waals surface area contributed by atoms with Gasteiger partial charge in [0.2, 0.25) is 5.91 Å². The van der Waals surface area contributed by atoms with Gasteiger partial charge in [-0.25, -0.2) is 0 Å². The lowest BCUT2D eigenvalue weighted by Gasteiger charge is -2.19. The third-order valence-electron chi connectivity index (χ3n) is 2.32. The van der Waals surface area contributed by atoms with Crippen molar-refractivity contribution in [2.24, 2.45) is 0 Å². The summed E-state index contributed by atoms with van der Waals surface area (Å²) in [5.74, 6) is -1.38. The molecule has 1 N–H and O–H groups in total. The van der Waals surface area contributed by atoms with Gasteiger partial charge >= 0.3 is 5.97 Å². The van der Waals surface area contributed by atoms with Crippen molar-refractivity contribution >= 4 is 18.2 Å². The maximum atomic E-state index is 11.7. The molecule has 0 fully saturated rings. The van der Waals surface area contributed by atoms with Crippen LogP contribution in [0.4, 0.5) is 0 Å². The Hall–Kier alpha value is -2.24. The van der Waals surface area contributed by atoms with Crippen LogP contribution >= 0.6 is 0 Å². The van der Waals surface area contributed by atoms with Crippen LogP contribution in [0, 0.1) is 0 Å². The van der Waals surface area contributed by atoms with Crippen molar-refractivity contribution in [2.45, 2.75) is 19.4 Å². The predicted octanol–water partition coefficient (Wildman–Crippen LogP) is 0.474. The molecule has 0 aliphatic heterocycles. The predicted molar refractivity (Wildman–Crippen MR) is 62.6 cm³/mol. The SMILES string of the molecule is O=CCN(Cc1ccncc1)C(=O)CCC(=O)O. The summed E-state index contributed by atoms with van der Waals surface area (Å²) in [6.45, 7) is 0.237. The fourth-order valence-corrected chi connectivity index (χ4v) is 1.43. The zero-order valence-electron chi connectivity index (χ0n) is 9.78. The molecule has 0 atom stereocenters. The van der Waals surface area contributed by atoms with Crippen molar-refractivity contribution in [1.29, 1.82) is 0 Å². The van der Waals surface area contributed by atoms with E-state index in [2.05, 4.69) is 4.98 Å². The maximum absolute atomic E-state index is 11.7. The molecule has 6 nitrogen and oxygen atoms in total. The summed E-state index contributed by atoms with van der Waals surface area (Å²) in [4.78, 5) is 37.8. The molecule has 0 saturated carbocycles. The quantitative estimate of drug-likeness (QED) is 0.711. The Balaban J connectivity index is 2.61. The van der Waals surface area contributed by atoms with Crippen molar-refractivity contribution in [3.8, 4) is 0 Å². The second-order valence-corrected chi connectivity index (χ2v) is 3.69. The molecule has 18 heavy (non-hydrogen) atoms. The van der Waals surface area contributed by atoms with Gasteiger partial charge in [-0.2, -0.15) is 0 Å². The van der Waals surface area contributed by atoms with E-state index in [9.17, 15) is 14.4 Å². The van der Waals surface area contributed by atoms with Crippen molar-refractivity contribution in [1.82, 2.24) is 9.88 Å². The van der Waals surface area contributed by atoms with Crippen LogP contribution in [0.25, 0.3) is 0 Å². The molecule has 1 aromatic rings. The highest BCUT2D eigenvalue weighted by molar-refractivity contribution is 5.82. The normalized spacial score (nSPS) is 9.78. The Morgan fingerprint density at radius 2 is 1.94 bits per heavy atom. The first-order chi connectivity index (χ1) is 8.63. The van der Waals surface area contributed by atoms with E-state index in [4.69, 9.17) is 5.11 Å². The number of carbonyl (C=O) groups excluding carboxylic acids is 2. The van der Waals surface area contributed by atoms with E-state index in [0.29, 0.717) is 6.29 Å². The monoisotopic (exact) mass is 250 g/mol. The Bertz CT molecular complexity index is 419. The number of hydrogen-bond donors (Lipinski definition) is 1. The lowest BCUT2D eigenvalue weighted by molar-refractivity contribution is -0.141. The summed E-state index contributed by atoms with van der Waals surface area (Å²) in [7, 11) is 0. The topological polar surface area (TPSA) is 87.6 Å². The Morgan fingerprint density at radius 3 is 2.50 bits per heavy atom. The summed E-state index contributed by atoms with van der Waals surface area (Å²) in [5, 5.41) is 8.52. The molecule has 0 saturated heterocycles. The summed E-state index contributed by atoms with van der Waals surface area (Å²) in [6, 6.07) is 3.48. The lowest BCUT2D eigenvalue weighted by Crippen LogP contribution is -2.32. The van der Waals surface area contributed by atoms with Gasteiger partial charge in [-0.15, -0.1) is 0 Å². The van der Waals surface area contributed by atoms with Gasteiger partial charge in [-0.3, -0.25) is 14.6 Å². The standard InChI is InChI=1S/C12H14N2O4/c15-8-7-14(11(16)1-2-12(17)18)9-10-3-5-13-6-4-10/h3-6,8H,1-2,7,9H2,(H,17,18). The molecule has 0 bridgehead atoms. The van der Waals surface area contributed by atoms with Gasteiger partial charge in [0.1, 0.15) is 6.29 Å². The Kier molecular flexibility index (Phi) is 5.50. The van der Waals surface area contributed by atoms with Crippen molar-refractivity contribution in [2.75, 3.05) is 6.54 Å². The minimum Gasteiger partial charge on any atom is -0.481 e. The van der Waals surface area contributed by atoms with E-state index in [1.807, 2.05) is 0 Å². The molecule has 1 heterocycles. The van der Waals surface area contributed by atoms with Crippen LogP contribution in [0.15, 0.2) is 24.5 Å². The van der Waals surface area contributed by atoms with Crippen LogP contribution in [0.3, 0.4) is 0 Å². The highest BCUT2D eigenvalue weighted by Gasteiger charge is 2.14. The zero-order chi connectivity index (χ0) is 13.4. The van der Waals surface area contributed by atoms with Gasteiger partial charge in [0.15, 0.2) is 0 Å². The fraction of sp³-hybridized carbons (Fsp3) is 0.333. The highest BCUT2D eigenvalue weighted by Crippen LogP contribution is 2.05. The molecule has 0 aromatic carbocycles. The van der Waals surface area contributed by atoms with Crippen LogP contribution in [0.2, 0.25) is 0 Å². The molecular formula is C12H14N2O4. The molecule has 1 rings (SSSR count). The molecule has 96 valence electrons. The Morgan fingerprint density at radius 1 is 1.28 bits per heavy atom. The zero-order valence-corrected chi connectivity index (χ0v) is 9.78. The molecule has 0 unspecified atom stereocenters. The largest absolute Gasteiger partial charge is 0.481 e. The van der Waals surface area contributed by atoms with Crippen LogP contribution < -0.4 is 0 Å². The second kappa shape index (κ2) is 7.16. The van der Waals surface area contributed by atoms with Gasteiger partial charge in [-0.05, 0) is 17.7 Å². The fourth-order valence-electron chi connectivity index (χ4n) is 1.43. The summed E-state index contributed by atoms with van der Waals surface area (Å²) >= 11 is 0. The van der Waals surface area contributed by atoms with E-state index in [-0.39, 0.29) is 31.8 Å². The Labute approximate surface area is 104 Å². The molecule has 0 spiro atoms. The number of nitrogens with zero attached hydrogens (tertiary/aromatic N) is 2. The molecule has 0 aliphatic carbocycles. The first-order valence-corrected chi connectivity index (χ1v) is 5.45. The third-order valence-corrected chi connectivity index (χ3v) is 2.32. The lowest BCUT2D eigenvalue weighted by atomic mass is 10.2. The highest BCUT2D eigenvalue weighted by atomic mass is 16.4. The number of pyridine rings is 1. The molecular weight excluding hydrogens is 236 g/mol.